The third-order valence-corrected chi connectivity index (χ3v) is 6.78. The van der Waals surface area contributed by atoms with Crippen LogP contribution in [0.4, 0.5) is 0 Å². The maximum atomic E-state index is 13.1. The summed E-state index contributed by atoms with van der Waals surface area (Å²) in [6.45, 7) is 0. The maximum absolute atomic E-state index is 13.1. The number of nitrogens with zero attached hydrogens (tertiary/aromatic N) is 2. The van der Waals surface area contributed by atoms with Crippen molar-refractivity contribution < 1.29 is 4.79 Å². The van der Waals surface area contributed by atoms with Crippen LogP contribution in [0.15, 0.2) is 35.1 Å². The number of aromatic nitrogens is 1. The molecule has 2 aliphatic heterocycles. The Kier molecular flexibility index (Phi) is 4.08. The Labute approximate surface area is 159 Å². The van der Waals surface area contributed by atoms with E-state index in [1.165, 1.54) is 19.3 Å². The number of benzene rings is 1. The third kappa shape index (κ3) is 2.98. The van der Waals surface area contributed by atoms with Gasteiger partial charge in [0.2, 0.25) is 0 Å². The van der Waals surface area contributed by atoms with E-state index in [1.54, 1.807) is 6.07 Å². The second kappa shape index (κ2) is 6.48. The van der Waals surface area contributed by atoms with Gasteiger partial charge in [-0.15, -0.1) is 0 Å². The molecule has 1 amide bonds. The molecule has 3 aliphatic rings. The lowest BCUT2D eigenvalue weighted by Gasteiger charge is -2.47. The van der Waals surface area contributed by atoms with Crippen LogP contribution >= 0.6 is 0 Å². The summed E-state index contributed by atoms with van der Waals surface area (Å²) >= 11 is 0. The molecule has 1 aromatic carbocycles. The average Bonchev–Trinajstić information content (AvgIpc) is 3.47. The van der Waals surface area contributed by atoms with E-state index in [0.29, 0.717) is 17.6 Å². The summed E-state index contributed by atoms with van der Waals surface area (Å²) in [6.07, 6.45) is 7.73. The lowest BCUT2D eigenvalue weighted by molar-refractivity contribution is 0.0462. The number of para-hydroxylation sites is 1. The first-order valence-corrected chi connectivity index (χ1v) is 10.3. The lowest BCUT2D eigenvalue weighted by atomic mass is 9.82. The molecule has 3 fully saturated rings. The van der Waals surface area contributed by atoms with Gasteiger partial charge in [0.05, 0.1) is 5.52 Å². The summed E-state index contributed by atoms with van der Waals surface area (Å²) in [5.41, 5.74) is 1.10. The van der Waals surface area contributed by atoms with Crippen molar-refractivity contribution in [1.82, 2.24) is 14.8 Å². The fourth-order valence-electron chi connectivity index (χ4n) is 5.14. The molecule has 5 rings (SSSR count). The van der Waals surface area contributed by atoms with Crippen LogP contribution in [0.25, 0.3) is 10.9 Å². The van der Waals surface area contributed by atoms with Crippen LogP contribution in [0.3, 0.4) is 0 Å². The van der Waals surface area contributed by atoms with E-state index in [1.807, 2.05) is 28.8 Å². The highest BCUT2D eigenvalue weighted by molar-refractivity contribution is 5.97. The van der Waals surface area contributed by atoms with E-state index >= 15 is 0 Å². The fourth-order valence-corrected chi connectivity index (χ4v) is 5.14. The first-order valence-electron chi connectivity index (χ1n) is 10.3. The van der Waals surface area contributed by atoms with Gasteiger partial charge in [0.15, 0.2) is 0 Å². The molecule has 0 spiro atoms. The fraction of sp³-hybridized carbons (Fsp3) is 0.545. The van der Waals surface area contributed by atoms with E-state index in [0.717, 1.165) is 36.6 Å². The number of carbonyl (C=O) groups is 1. The van der Waals surface area contributed by atoms with Gasteiger partial charge in [0.25, 0.3) is 11.5 Å². The summed E-state index contributed by atoms with van der Waals surface area (Å²) in [5.74, 6) is -0.201. The van der Waals surface area contributed by atoms with Crippen LogP contribution in [0, 0.1) is 0 Å². The first-order chi connectivity index (χ1) is 13.1. The SMILES string of the molecule is CN1C2CCCC1CC(NC(=O)c1cc3ccccc3n(C3CC3)c1=O)C2. The molecule has 1 saturated carbocycles. The van der Waals surface area contributed by atoms with Crippen molar-refractivity contribution in [3.8, 4) is 0 Å². The Morgan fingerprint density at radius 2 is 1.74 bits per heavy atom. The zero-order valence-corrected chi connectivity index (χ0v) is 15.9. The number of carbonyl (C=O) groups excluding carboxylic acids is 1. The second-order valence-electron chi connectivity index (χ2n) is 8.57. The molecule has 5 heteroatoms. The van der Waals surface area contributed by atoms with Crippen molar-refractivity contribution in [1.29, 1.82) is 0 Å². The molecule has 2 atom stereocenters. The second-order valence-corrected chi connectivity index (χ2v) is 8.57. The zero-order valence-electron chi connectivity index (χ0n) is 15.9. The summed E-state index contributed by atoms with van der Waals surface area (Å²) in [5, 5.41) is 4.16. The molecule has 1 aliphatic carbocycles. The van der Waals surface area contributed by atoms with Crippen LogP contribution in [-0.2, 0) is 0 Å². The molecule has 3 heterocycles. The van der Waals surface area contributed by atoms with Gasteiger partial charge in [-0.05, 0) is 63.1 Å². The number of nitrogens with one attached hydrogen (secondary N) is 1. The summed E-state index contributed by atoms with van der Waals surface area (Å²) < 4.78 is 1.84. The van der Waals surface area contributed by atoms with Gasteiger partial charge in [-0.1, -0.05) is 24.6 Å². The molecule has 142 valence electrons. The van der Waals surface area contributed by atoms with Crippen molar-refractivity contribution >= 4 is 16.8 Å². The minimum Gasteiger partial charge on any atom is -0.349 e. The van der Waals surface area contributed by atoms with E-state index in [4.69, 9.17) is 0 Å². The van der Waals surface area contributed by atoms with Crippen molar-refractivity contribution in [2.75, 3.05) is 7.05 Å². The van der Waals surface area contributed by atoms with Gasteiger partial charge >= 0.3 is 0 Å². The van der Waals surface area contributed by atoms with E-state index < -0.39 is 0 Å². The highest BCUT2D eigenvalue weighted by Crippen LogP contribution is 2.36. The molecule has 5 nitrogen and oxygen atoms in total. The molecule has 2 bridgehead atoms. The molecular weight excluding hydrogens is 338 g/mol. The van der Waals surface area contributed by atoms with Crippen molar-refractivity contribution in [2.24, 2.45) is 0 Å². The van der Waals surface area contributed by atoms with Gasteiger partial charge in [-0.2, -0.15) is 0 Å². The largest absolute Gasteiger partial charge is 0.349 e. The topological polar surface area (TPSA) is 54.3 Å². The number of pyridine rings is 1. The molecule has 2 saturated heterocycles. The number of hydrogen-bond donors (Lipinski definition) is 1. The van der Waals surface area contributed by atoms with Crippen LogP contribution in [-0.4, -0.2) is 40.5 Å². The Morgan fingerprint density at radius 1 is 1.04 bits per heavy atom. The average molecular weight is 365 g/mol. The van der Waals surface area contributed by atoms with Crippen LogP contribution in [0.5, 0.6) is 0 Å². The highest BCUT2D eigenvalue weighted by atomic mass is 16.2. The zero-order chi connectivity index (χ0) is 18.5. The number of piperidine rings is 2. The molecule has 1 aromatic heterocycles. The maximum Gasteiger partial charge on any atom is 0.264 e. The third-order valence-electron chi connectivity index (χ3n) is 6.78. The quantitative estimate of drug-likeness (QED) is 0.909. The Morgan fingerprint density at radius 3 is 2.44 bits per heavy atom. The number of rotatable bonds is 3. The minimum absolute atomic E-state index is 0.137. The van der Waals surface area contributed by atoms with Gasteiger partial charge in [-0.25, -0.2) is 0 Å². The first kappa shape index (κ1) is 17.0. The highest BCUT2D eigenvalue weighted by Gasteiger charge is 2.37. The lowest BCUT2D eigenvalue weighted by Crippen LogP contribution is -2.55. The van der Waals surface area contributed by atoms with Crippen LogP contribution in [0.1, 0.15) is 61.3 Å². The van der Waals surface area contributed by atoms with Gasteiger partial charge in [-0.3, -0.25) is 9.59 Å². The molecule has 1 N–H and O–H groups in total. The number of fused-ring (bicyclic) bond motifs is 3. The molecule has 2 unspecified atom stereocenters. The summed E-state index contributed by atoms with van der Waals surface area (Å²) in [6, 6.07) is 11.2. The van der Waals surface area contributed by atoms with Crippen LogP contribution < -0.4 is 10.9 Å². The number of amides is 1. The van der Waals surface area contributed by atoms with Gasteiger partial charge < -0.3 is 14.8 Å². The minimum atomic E-state index is -0.201. The van der Waals surface area contributed by atoms with Gasteiger partial charge in [0.1, 0.15) is 5.56 Å². The van der Waals surface area contributed by atoms with Crippen LogP contribution in [0.2, 0.25) is 0 Å². The predicted molar refractivity (Wildman–Crippen MR) is 106 cm³/mol. The molecule has 0 radical (unpaired) electrons. The van der Waals surface area contributed by atoms with Crippen molar-refractivity contribution in [3.05, 3.63) is 46.2 Å². The summed E-state index contributed by atoms with van der Waals surface area (Å²) in [4.78, 5) is 28.6. The smallest absolute Gasteiger partial charge is 0.264 e. The Balaban J connectivity index is 1.44. The Hall–Kier alpha value is -2.14. The molecular formula is C22H27N3O2. The van der Waals surface area contributed by atoms with E-state index in [2.05, 4.69) is 17.3 Å². The number of hydrogen-bond acceptors (Lipinski definition) is 3. The van der Waals surface area contributed by atoms with E-state index in [9.17, 15) is 9.59 Å². The summed E-state index contributed by atoms with van der Waals surface area (Å²) in [7, 11) is 2.21. The molecule has 27 heavy (non-hydrogen) atoms. The predicted octanol–water partition coefficient (Wildman–Crippen LogP) is 3.08. The van der Waals surface area contributed by atoms with Crippen molar-refractivity contribution in [2.45, 2.75) is 69.1 Å². The monoisotopic (exact) mass is 365 g/mol. The Bertz CT molecular complexity index is 932. The van der Waals surface area contributed by atoms with Gasteiger partial charge in [0, 0.05) is 24.2 Å². The molecule has 2 aromatic rings. The standard InChI is InChI=1S/C22H27N3O2/c1-24-17-6-4-7-18(24)13-15(12-17)23-21(26)19-11-14-5-2-3-8-20(14)25(22(19)27)16-9-10-16/h2-3,5,8,11,15-18H,4,6-7,9-10,12-13H2,1H3,(H,23,26). The van der Waals surface area contributed by atoms with Crippen molar-refractivity contribution in [3.63, 3.8) is 0 Å². The normalized spacial score (nSPS) is 28.3. The van der Waals surface area contributed by atoms with E-state index in [-0.39, 0.29) is 23.6 Å².